The Morgan fingerprint density at radius 1 is 0.864 bits per heavy atom. The Labute approximate surface area is 131 Å². The maximum Gasteiger partial charge on any atom is 0.0405 e. The first-order chi connectivity index (χ1) is 10.8. The quantitative estimate of drug-likeness (QED) is 0.486. The molecule has 0 spiro atoms. The summed E-state index contributed by atoms with van der Waals surface area (Å²) in [5, 5.41) is 2.79. The molecular formula is C21H19N. The number of hydrogen-bond donors (Lipinski definition) is 0. The smallest absolute Gasteiger partial charge is 0.0405 e. The van der Waals surface area contributed by atoms with Crippen LogP contribution in [0.2, 0.25) is 0 Å². The molecule has 0 atom stereocenters. The van der Waals surface area contributed by atoms with Gasteiger partial charge in [0.25, 0.3) is 0 Å². The molecule has 2 aliphatic rings. The summed E-state index contributed by atoms with van der Waals surface area (Å²) in [6, 6.07) is 18.5. The van der Waals surface area contributed by atoms with E-state index in [4.69, 9.17) is 0 Å². The maximum absolute atomic E-state index is 2.50. The van der Waals surface area contributed by atoms with Crippen LogP contribution in [0.5, 0.6) is 0 Å². The van der Waals surface area contributed by atoms with Crippen molar-refractivity contribution in [3.8, 4) is 11.1 Å². The first-order valence-electron chi connectivity index (χ1n) is 8.26. The van der Waals surface area contributed by atoms with Crippen molar-refractivity contribution in [2.45, 2.75) is 19.8 Å². The molecule has 0 amide bonds. The highest BCUT2D eigenvalue weighted by Crippen LogP contribution is 2.40. The molecule has 0 unspecified atom stereocenters. The third kappa shape index (κ3) is 1.60. The van der Waals surface area contributed by atoms with E-state index in [-0.39, 0.29) is 0 Å². The highest BCUT2D eigenvalue weighted by molar-refractivity contribution is 5.94. The van der Waals surface area contributed by atoms with E-state index >= 15 is 0 Å². The average molecular weight is 285 g/mol. The predicted molar refractivity (Wildman–Crippen MR) is 93.8 cm³/mol. The van der Waals surface area contributed by atoms with E-state index in [9.17, 15) is 0 Å². The standard InChI is InChI=1S/C21H19N/c1-2-22-8-7-15-10-16-11-18-9-14-5-3-4-6-19(14)20(18)12-17(16)13-21(15)22/h3-6,10-13H,2,7-9H2,1H3. The lowest BCUT2D eigenvalue weighted by Crippen LogP contribution is -2.19. The van der Waals surface area contributed by atoms with Crippen LogP contribution in [-0.2, 0) is 12.8 Å². The lowest BCUT2D eigenvalue weighted by Gasteiger charge is -2.17. The van der Waals surface area contributed by atoms with E-state index in [0.29, 0.717) is 0 Å². The van der Waals surface area contributed by atoms with E-state index < -0.39 is 0 Å². The van der Waals surface area contributed by atoms with Gasteiger partial charge in [0.2, 0.25) is 0 Å². The molecule has 22 heavy (non-hydrogen) atoms. The molecule has 0 radical (unpaired) electrons. The van der Waals surface area contributed by atoms with Gasteiger partial charge < -0.3 is 4.90 Å². The third-order valence-electron chi connectivity index (χ3n) is 5.32. The van der Waals surface area contributed by atoms with Gasteiger partial charge in [-0.25, -0.2) is 0 Å². The van der Waals surface area contributed by atoms with Gasteiger partial charge in [0, 0.05) is 18.8 Å². The molecule has 3 aromatic rings. The summed E-state index contributed by atoms with van der Waals surface area (Å²) >= 11 is 0. The second-order valence-corrected chi connectivity index (χ2v) is 6.50. The van der Waals surface area contributed by atoms with Crippen LogP contribution < -0.4 is 4.90 Å². The molecule has 0 fully saturated rings. The zero-order chi connectivity index (χ0) is 14.7. The number of nitrogens with zero attached hydrogens (tertiary/aromatic N) is 1. The van der Waals surface area contributed by atoms with Crippen LogP contribution >= 0.6 is 0 Å². The monoisotopic (exact) mass is 285 g/mol. The van der Waals surface area contributed by atoms with Crippen molar-refractivity contribution in [3.63, 3.8) is 0 Å². The zero-order valence-corrected chi connectivity index (χ0v) is 12.9. The third-order valence-corrected chi connectivity index (χ3v) is 5.32. The number of hydrogen-bond acceptors (Lipinski definition) is 1. The molecule has 3 aromatic carbocycles. The minimum Gasteiger partial charge on any atom is -0.371 e. The largest absolute Gasteiger partial charge is 0.371 e. The van der Waals surface area contributed by atoms with Gasteiger partial charge in [0.1, 0.15) is 0 Å². The Balaban J connectivity index is 1.75. The summed E-state index contributed by atoms with van der Waals surface area (Å²) in [7, 11) is 0. The highest BCUT2D eigenvalue weighted by atomic mass is 15.1. The Hall–Kier alpha value is -2.28. The summed E-state index contributed by atoms with van der Waals surface area (Å²) < 4.78 is 0. The minimum atomic E-state index is 1.08. The van der Waals surface area contributed by atoms with Crippen LogP contribution in [0, 0.1) is 0 Å². The van der Waals surface area contributed by atoms with Gasteiger partial charge in [-0.1, -0.05) is 30.3 Å². The van der Waals surface area contributed by atoms with Crippen molar-refractivity contribution < 1.29 is 0 Å². The molecule has 1 aliphatic heterocycles. The molecule has 5 rings (SSSR count). The lowest BCUT2D eigenvalue weighted by atomic mass is 9.98. The van der Waals surface area contributed by atoms with Crippen LogP contribution in [0.1, 0.15) is 23.6 Å². The number of benzene rings is 3. The molecule has 0 saturated carbocycles. The van der Waals surface area contributed by atoms with Crippen LogP contribution in [0.25, 0.3) is 21.9 Å². The normalized spacial score (nSPS) is 15.0. The Bertz CT molecular complexity index is 907. The van der Waals surface area contributed by atoms with Gasteiger partial charge in [-0.2, -0.15) is 0 Å². The van der Waals surface area contributed by atoms with E-state index in [1.54, 1.807) is 0 Å². The average Bonchev–Trinajstić information content (AvgIpc) is 3.10. The topological polar surface area (TPSA) is 3.24 Å². The van der Waals surface area contributed by atoms with Gasteiger partial charge in [0.05, 0.1) is 0 Å². The molecule has 1 nitrogen and oxygen atoms in total. The fraction of sp³-hybridized carbons (Fsp3) is 0.238. The van der Waals surface area contributed by atoms with E-state index in [0.717, 1.165) is 13.0 Å². The van der Waals surface area contributed by atoms with Crippen molar-refractivity contribution >= 4 is 16.5 Å². The fourth-order valence-electron chi connectivity index (χ4n) is 4.17. The summed E-state index contributed by atoms with van der Waals surface area (Å²) in [6.07, 6.45) is 2.27. The van der Waals surface area contributed by atoms with Gasteiger partial charge in [-0.3, -0.25) is 0 Å². The summed E-state index contributed by atoms with van der Waals surface area (Å²) in [4.78, 5) is 2.50. The van der Waals surface area contributed by atoms with Crippen molar-refractivity contribution in [1.82, 2.24) is 0 Å². The first-order valence-corrected chi connectivity index (χ1v) is 8.26. The van der Waals surface area contributed by atoms with Crippen LogP contribution in [0.3, 0.4) is 0 Å². The minimum absolute atomic E-state index is 1.08. The maximum atomic E-state index is 2.50. The molecule has 0 saturated heterocycles. The van der Waals surface area contributed by atoms with Crippen LogP contribution in [0.4, 0.5) is 5.69 Å². The molecule has 0 N–H and O–H groups in total. The molecular weight excluding hydrogens is 266 g/mol. The molecule has 1 heteroatoms. The number of rotatable bonds is 1. The highest BCUT2D eigenvalue weighted by Gasteiger charge is 2.21. The van der Waals surface area contributed by atoms with Gasteiger partial charge in [-0.05, 0) is 76.6 Å². The Morgan fingerprint density at radius 2 is 1.68 bits per heavy atom. The zero-order valence-electron chi connectivity index (χ0n) is 12.9. The van der Waals surface area contributed by atoms with Crippen LogP contribution in [-0.4, -0.2) is 13.1 Å². The number of fused-ring (bicyclic) bond motifs is 5. The second kappa shape index (κ2) is 4.36. The molecule has 1 aliphatic carbocycles. The fourth-order valence-corrected chi connectivity index (χ4v) is 4.17. The summed E-state index contributed by atoms with van der Waals surface area (Å²) in [6.45, 7) is 4.52. The SMILES string of the molecule is CCN1CCc2cc3cc4c(cc3cc21)-c1ccccc1C4. The molecule has 0 aromatic heterocycles. The van der Waals surface area contributed by atoms with Crippen molar-refractivity contribution in [2.24, 2.45) is 0 Å². The van der Waals surface area contributed by atoms with Crippen LogP contribution in [0.15, 0.2) is 48.5 Å². The van der Waals surface area contributed by atoms with Crippen molar-refractivity contribution in [2.75, 3.05) is 18.0 Å². The van der Waals surface area contributed by atoms with Gasteiger partial charge >= 0.3 is 0 Å². The molecule has 108 valence electrons. The van der Waals surface area contributed by atoms with E-state index in [1.807, 2.05) is 0 Å². The summed E-state index contributed by atoms with van der Waals surface area (Å²) in [5.41, 5.74) is 8.77. The van der Waals surface area contributed by atoms with E-state index in [1.165, 1.54) is 57.2 Å². The molecule has 1 heterocycles. The lowest BCUT2D eigenvalue weighted by molar-refractivity contribution is 0.868. The Morgan fingerprint density at radius 3 is 2.59 bits per heavy atom. The predicted octanol–water partition coefficient (Wildman–Crippen LogP) is 4.79. The van der Waals surface area contributed by atoms with Crippen molar-refractivity contribution in [1.29, 1.82) is 0 Å². The van der Waals surface area contributed by atoms with Crippen molar-refractivity contribution in [3.05, 3.63) is 65.2 Å². The molecule has 0 bridgehead atoms. The van der Waals surface area contributed by atoms with Gasteiger partial charge in [0.15, 0.2) is 0 Å². The Kier molecular flexibility index (Phi) is 2.43. The first kappa shape index (κ1) is 12.3. The summed E-state index contributed by atoms with van der Waals surface area (Å²) in [5.74, 6) is 0. The number of anilines is 1. The van der Waals surface area contributed by atoms with Gasteiger partial charge in [-0.15, -0.1) is 0 Å². The van der Waals surface area contributed by atoms with E-state index in [2.05, 4.69) is 60.4 Å². The second-order valence-electron chi connectivity index (χ2n) is 6.50. The number of likely N-dealkylation sites (N-methyl/N-ethyl adjacent to an activating group) is 1.